The second-order valence-electron chi connectivity index (χ2n) is 16.0. The predicted molar refractivity (Wildman–Crippen MR) is 239 cm³/mol. The van der Waals surface area contributed by atoms with Gasteiger partial charge in [-0.25, -0.2) is 4.79 Å². The van der Waals surface area contributed by atoms with Crippen molar-refractivity contribution in [3.8, 4) is 0 Å². The third-order valence-electron chi connectivity index (χ3n) is 10.4. The molecule has 2 rings (SSSR count). The number of rotatable bonds is 27. The molecule has 0 saturated carbocycles. The third kappa shape index (κ3) is 17.7. The monoisotopic (exact) mass is 943 g/mol. The number of nitrogens with zero attached hydrogens (tertiary/aromatic N) is 3. The maximum Gasteiger partial charge on any atom is 0.326 e. The molecule has 2 aliphatic rings. The van der Waals surface area contributed by atoms with Gasteiger partial charge in [0.05, 0.1) is 18.9 Å². The van der Waals surface area contributed by atoms with Crippen molar-refractivity contribution in [2.24, 2.45) is 39.6 Å². The number of hydrogen-bond acceptors (Lipinski definition) is 14. The molecule has 2 aliphatic heterocycles. The summed E-state index contributed by atoms with van der Waals surface area (Å²) in [6, 6.07) is -10.1. The molecule has 64 heavy (non-hydrogen) atoms. The first-order valence-electron chi connectivity index (χ1n) is 20.9. The summed E-state index contributed by atoms with van der Waals surface area (Å²) in [6.45, 7) is 3.86. The van der Waals surface area contributed by atoms with Crippen LogP contribution < -0.4 is 55.3 Å². The van der Waals surface area contributed by atoms with Crippen LogP contribution >= 0.6 is 24.4 Å². The van der Waals surface area contributed by atoms with Crippen molar-refractivity contribution in [1.29, 1.82) is 0 Å². The normalized spacial score (nSPS) is 18.7. The van der Waals surface area contributed by atoms with Crippen LogP contribution in [0.3, 0.4) is 0 Å². The highest BCUT2D eigenvalue weighted by Crippen LogP contribution is 2.26. The Morgan fingerprint density at radius 1 is 0.719 bits per heavy atom. The topological polar surface area (TPSA) is 400 Å². The first-order chi connectivity index (χ1) is 30.1. The Hall–Kier alpha value is -5.37. The smallest absolute Gasteiger partial charge is 0.326 e. The number of primary amides is 2. The number of nitrogens with one attached hydrogen (secondary N) is 5. The van der Waals surface area contributed by atoms with Gasteiger partial charge in [0.1, 0.15) is 42.3 Å². The number of carboxylic acids is 1. The first-order valence-corrected chi connectivity index (χ1v) is 23.0. The maximum atomic E-state index is 14.2. The number of thiol groups is 1. The lowest BCUT2D eigenvalue weighted by molar-refractivity contribution is -0.149. The zero-order valence-electron chi connectivity index (χ0n) is 36.4. The summed E-state index contributed by atoms with van der Waals surface area (Å²) in [5.74, 6) is -8.61. The van der Waals surface area contributed by atoms with Gasteiger partial charge in [-0.1, -0.05) is 13.8 Å². The Balaban J connectivity index is 2.32. The Morgan fingerprint density at radius 3 is 1.78 bits per heavy atom. The summed E-state index contributed by atoms with van der Waals surface area (Å²) in [4.78, 5) is 137. The van der Waals surface area contributed by atoms with E-state index in [-0.39, 0.29) is 75.8 Å². The first kappa shape index (κ1) is 54.8. The lowest BCUT2D eigenvalue weighted by Crippen LogP contribution is -2.60. The summed E-state index contributed by atoms with van der Waals surface area (Å²) >= 11 is 5.43. The van der Waals surface area contributed by atoms with Crippen LogP contribution in [0.4, 0.5) is 0 Å². The van der Waals surface area contributed by atoms with Gasteiger partial charge in [-0.15, -0.1) is 0 Å². The molecule has 0 aromatic carbocycles. The molecule has 9 amide bonds. The van der Waals surface area contributed by atoms with Gasteiger partial charge in [0.15, 0.2) is 5.96 Å². The molecule has 24 nitrogen and oxygen atoms in total. The van der Waals surface area contributed by atoms with Crippen molar-refractivity contribution >= 4 is 89.5 Å². The molecule has 0 aliphatic carbocycles. The van der Waals surface area contributed by atoms with E-state index in [0.29, 0.717) is 18.6 Å². The second-order valence-corrected chi connectivity index (χ2v) is 17.4. The highest BCUT2D eigenvalue weighted by molar-refractivity contribution is 7.98. The summed E-state index contributed by atoms with van der Waals surface area (Å²) in [5, 5.41) is 22.2. The van der Waals surface area contributed by atoms with Crippen molar-refractivity contribution in [1.82, 2.24) is 36.4 Å². The zero-order valence-corrected chi connectivity index (χ0v) is 38.1. The number of amides is 9. The van der Waals surface area contributed by atoms with Gasteiger partial charge < -0.3 is 70.2 Å². The number of carbonyl (C=O) groups is 10. The summed E-state index contributed by atoms with van der Waals surface area (Å²) in [7, 11) is 0. The minimum Gasteiger partial charge on any atom is -0.480 e. The fourth-order valence-electron chi connectivity index (χ4n) is 7.21. The highest BCUT2D eigenvalue weighted by Gasteiger charge is 2.45. The highest BCUT2D eigenvalue weighted by atomic mass is 32.2. The van der Waals surface area contributed by atoms with E-state index in [0.717, 1.165) is 0 Å². The van der Waals surface area contributed by atoms with Gasteiger partial charge in [-0.05, 0) is 69.3 Å². The molecule has 2 saturated heterocycles. The molecule has 0 aromatic heterocycles. The summed E-state index contributed by atoms with van der Waals surface area (Å²) in [5.41, 5.74) is 27.3. The van der Waals surface area contributed by atoms with E-state index >= 15 is 0 Å². The molecular formula is C38H65N13O11S2. The van der Waals surface area contributed by atoms with Crippen LogP contribution in [-0.4, -0.2) is 166 Å². The Kier molecular flexibility index (Phi) is 23.2. The second kappa shape index (κ2) is 27.1. The van der Waals surface area contributed by atoms with E-state index in [1.807, 2.05) is 0 Å². The quantitative estimate of drug-likeness (QED) is 0.0159. The predicted octanol–water partition coefficient (Wildman–Crippen LogP) is -4.66. The molecule has 0 aromatic rings. The number of carbonyl (C=O) groups excluding carboxylic acids is 9. The number of carboxylic acid groups (broad SMARTS) is 1. The van der Waals surface area contributed by atoms with Crippen molar-refractivity contribution in [3.05, 3.63) is 0 Å². The minimum absolute atomic E-state index is 0.00628. The zero-order chi connectivity index (χ0) is 48.3. The molecule has 0 bridgehead atoms. The molecule has 2 fully saturated rings. The van der Waals surface area contributed by atoms with Gasteiger partial charge in [-0.2, -0.15) is 24.4 Å². The van der Waals surface area contributed by atoms with Gasteiger partial charge in [-0.3, -0.25) is 48.1 Å². The number of nitrogens with two attached hydrogens (primary N) is 5. The van der Waals surface area contributed by atoms with E-state index < -0.39 is 120 Å². The number of hydrogen-bond donors (Lipinski definition) is 12. The van der Waals surface area contributed by atoms with E-state index in [1.165, 1.54) is 21.6 Å². The van der Waals surface area contributed by atoms with E-state index in [2.05, 4.69) is 44.2 Å². The number of likely N-dealkylation sites (tertiary alicyclic amines) is 2. The number of aliphatic carboxylic acids is 1. The molecule has 0 unspecified atom stereocenters. The summed E-state index contributed by atoms with van der Waals surface area (Å²) in [6.07, 6.45) is 2.02. The van der Waals surface area contributed by atoms with Crippen molar-refractivity contribution in [2.75, 3.05) is 37.4 Å². The number of aliphatic imine (C=N–C) groups is 1. The molecular weight excluding hydrogens is 879 g/mol. The van der Waals surface area contributed by atoms with Crippen molar-refractivity contribution in [3.63, 3.8) is 0 Å². The summed E-state index contributed by atoms with van der Waals surface area (Å²) < 4.78 is 0. The minimum atomic E-state index is -1.62. The van der Waals surface area contributed by atoms with Crippen LogP contribution in [0.1, 0.15) is 78.1 Å². The van der Waals surface area contributed by atoms with Gasteiger partial charge in [0.25, 0.3) is 0 Å². The van der Waals surface area contributed by atoms with Crippen LogP contribution in [0, 0.1) is 5.92 Å². The third-order valence-corrected chi connectivity index (χ3v) is 11.4. The van der Waals surface area contributed by atoms with Crippen molar-refractivity contribution < 1.29 is 53.1 Å². The maximum absolute atomic E-state index is 14.2. The molecule has 360 valence electrons. The van der Waals surface area contributed by atoms with Crippen LogP contribution in [0.15, 0.2) is 4.99 Å². The average molecular weight is 944 g/mol. The number of thioether (sulfide) groups is 1. The molecule has 26 heteroatoms. The van der Waals surface area contributed by atoms with Crippen LogP contribution in [-0.2, 0) is 47.9 Å². The molecule has 8 atom stereocenters. The van der Waals surface area contributed by atoms with Crippen molar-refractivity contribution in [2.45, 2.75) is 126 Å². The Bertz CT molecular complexity index is 1740. The van der Waals surface area contributed by atoms with Gasteiger partial charge in [0.2, 0.25) is 53.2 Å². The fourth-order valence-corrected chi connectivity index (χ4v) is 7.85. The van der Waals surface area contributed by atoms with E-state index in [1.54, 1.807) is 20.1 Å². The van der Waals surface area contributed by atoms with Crippen LogP contribution in [0.5, 0.6) is 0 Å². The molecule has 2 heterocycles. The fraction of sp³-hybridized carbons (Fsp3) is 0.711. The van der Waals surface area contributed by atoms with Gasteiger partial charge >= 0.3 is 5.97 Å². The van der Waals surface area contributed by atoms with Crippen LogP contribution in [0.25, 0.3) is 0 Å². The SMILES string of the molecule is CSCC[C@H](NC(=O)[C@H](CCCN=C(N)N)NC(=O)[C@@H](N)CS)C(=O)N[C@@H](CC(C)C)C(=O)N[C@@H](CC(N)=O)C(=O)N1CCC[C@H]1C(=O)N1CCC[C@H]1C(=O)N[C@@H](CC(N)=O)C(=O)O. The lowest BCUT2D eigenvalue weighted by Gasteiger charge is -2.33. The average Bonchev–Trinajstić information content (AvgIpc) is 3.92. The lowest BCUT2D eigenvalue weighted by atomic mass is 10.0. The van der Waals surface area contributed by atoms with E-state index in [9.17, 15) is 53.1 Å². The number of guanidine groups is 1. The van der Waals surface area contributed by atoms with Crippen LogP contribution in [0.2, 0.25) is 0 Å². The molecule has 0 radical (unpaired) electrons. The Morgan fingerprint density at radius 2 is 1.23 bits per heavy atom. The standard InChI is InChI=1S/C38H65N13O11S2/c1-19(2)15-23(47-32(56)22(10-14-64-3)46-31(55)21(7-4-11-44-38(42)43)45-30(54)20(39)18-63)33(57)48-24(16-28(40)52)35(59)51-13-6-9-27(51)36(60)50-12-5-8-26(50)34(58)49-25(37(61)62)17-29(41)53/h19-27,63H,4-18,39H2,1-3H3,(H2,40,52)(H2,41,53)(H,45,54)(H,46,55)(H,47,56)(H,48,57)(H,49,58)(H,61,62)(H4,42,43,44)/t20-,21-,22-,23-,24-,25-,26-,27-/m0/s1. The Labute approximate surface area is 381 Å². The largest absolute Gasteiger partial charge is 0.480 e. The molecule has 16 N–H and O–H groups in total. The van der Waals surface area contributed by atoms with E-state index in [4.69, 9.17) is 28.7 Å². The van der Waals surface area contributed by atoms with Gasteiger partial charge in [0, 0.05) is 25.4 Å². The molecule has 0 spiro atoms.